The second-order valence-corrected chi connectivity index (χ2v) is 6.29. The van der Waals surface area contributed by atoms with Crippen molar-refractivity contribution in [3.8, 4) is 0 Å². The molecule has 0 aromatic carbocycles. The van der Waals surface area contributed by atoms with Gasteiger partial charge in [-0.3, -0.25) is 4.79 Å². The molecule has 0 amide bonds. The summed E-state index contributed by atoms with van der Waals surface area (Å²) in [7, 11) is 0. The second kappa shape index (κ2) is 5.30. The first-order chi connectivity index (χ1) is 9.65. The molecule has 0 aliphatic carbocycles. The molecule has 5 heteroatoms. The summed E-state index contributed by atoms with van der Waals surface area (Å²) in [6.07, 6.45) is 11.4. The van der Waals surface area contributed by atoms with Crippen LogP contribution in [-0.4, -0.2) is 31.6 Å². The summed E-state index contributed by atoms with van der Waals surface area (Å²) in [5, 5.41) is 12.0. The highest BCUT2D eigenvalue weighted by atomic mass is 16.5. The maximum atomic E-state index is 11.9. The fourth-order valence-corrected chi connectivity index (χ4v) is 4.03. The van der Waals surface area contributed by atoms with Crippen LogP contribution in [0.3, 0.4) is 0 Å². The summed E-state index contributed by atoms with van der Waals surface area (Å²) < 4.78 is 2.02. The van der Waals surface area contributed by atoms with Crippen LogP contribution >= 0.6 is 0 Å². The molecular formula is C15H23N3O2. The molecule has 3 rings (SSSR count). The Kier molecular flexibility index (Phi) is 3.65. The molecule has 2 aliphatic rings. The summed E-state index contributed by atoms with van der Waals surface area (Å²) >= 11 is 0. The zero-order valence-electron chi connectivity index (χ0n) is 12.0. The van der Waals surface area contributed by atoms with E-state index in [1.807, 2.05) is 17.7 Å². The highest BCUT2D eigenvalue weighted by Crippen LogP contribution is 2.49. The van der Waals surface area contributed by atoms with Gasteiger partial charge in [0.15, 0.2) is 0 Å². The van der Waals surface area contributed by atoms with Crippen LogP contribution in [0.15, 0.2) is 18.7 Å². The van der Waals surface area contributed by atoms with Gasteiger partial charge in [-0.05, 0) is 38.0 Å². The molecule has 20 heavy (non-hydrogen) atoms. The number of aromatic nitrogens is 2. The van der Waals surface area contributed by atoms with Gasteiger partial charge in [-0.2, -0.15) is 5.06 Å². The van der Waals surface area contributed by atoms with Gasteiger partial charge in [-0.15, -0.1) is 0 Å². The Hall–Kier alpha value is -1.20. The third-order valence-corrected chi connectivity index (χ3v) is 4.90. The number of Topliss-reactive ketones (excluding diaryl/α,β-unsaturated/α-hetero) is 1. The van der Waals surface area contributed by atoms with Gasteiger partial charge < -0.3 is 9.77 Å². The number of imidazole rings is 1. The molecule has 3 unspecified atom stereocenters. The van der Waals surface area contributed by atoms with Crippen molar-refractivity contribution in [2.45, 2.75) is 63.6 Å². The summed E-state index contributed by atoms with van der Waals surface area (Å²) in [5.74, 6) is 0.747. The first kappa shape index (κ1) is 13.8. The Morgan fingerprint density at radius 3 is 3.10 bits per heavy atom. The Labute approximate surface area is 119 Å². The molecule has 2 saturated heterocycles. The minimum Gasteiger partial charge on any atom is -0.316 e. The SMILES string of the molecule is CCCC(=O)CC1CC2CCC(n3ccnc3)(C1)N2O. The van der Waals surface area contributed by atoms with E-state index in [0.717, 1.165) is 32.1 Å². The maximum Gasteiger partial charge on any atom is 0.133 e. The minimum atomic E-state index is -0.378. The Morgan fingerprint density at radius 1 is 1.55 bits per heavy atom. The average Bonchev–Trinajstić information content (AvgIpc) is 2.99. The van der Waals surface area contributed by atoms with E-state index in [2.05, 4.69) is 4.98 Å². The van der Waals surface area contributed by atoms with E-state index in [0.29, 0.717) is 24.5 Å². The van der Waals surface area contributed by atoms with Gasteiger partial charge in [0, 0.05) is 31.3 Å². The number of rotatable bonds is 5. The number of nitrogens with zero attached hydrogens (tertiary/aromatic N) is 3. The number of hydrogen-bond donors (Lipinski definition) is 1. The van der Waals surface area contributed by atoms with Gasteiger partial charge in [0.05, 0.1) is 6.33 Å². The van der Waals surface area contributed by atoms with Gasteiger partial charge in [0.25, 0.3) is 0 Å². The molecule has 0 radical (unpaired) electrons. The van der Waals surface area contributed by atoms with Crippen LogP contribution in [0.1, 0.15) is 51.9 Å². The summed E-state index contributed by atoms with van der Waals surface area (Å²) in [4.78, 5) is 16.0. The summed E-state index contributed by atoms with van der Waals surface area (Å²) in [6.45, 7) is 2.05. The van der Waals surface area contributed by atoms with Crippen LogP contribution < -0.4 is 0 Å². The van der Waals surface area contributed by atoms with Crippen LogP contribution in [0.4, 0.5) is 0 Å². The van der Waals surface area contributed by atoms with Crippen molar-refractivity contribution in [3.63, 3.8) is 0 Å². The third kappa shape index (κ3) is 2.19. The molecule has 2 fully saturated rings. The standard InChI is InChI=1S/C15H23N3O2/c1-2-3-14(19)9-12-8-13-4-5-15(10-12,18(13)20)17-7-6-16-11-17/h6-7,11-13,20H,2-5,8-10H2,1H3. The van der Waals surface area contributed by atoms with Gasteiger partial charge in [0.1, 0.15) is 11.4 Å². The van der Waals surface area contributed by atoms with Crippen molar-refractivity contribution in [2.75, 3.05) is 0 Å². The molecule has 1 aromatic heterocycles. The van der Waals surface area contributed by atoms with Gasteiger partial charge in [0.2, 0.25) is 0 Å². The number of ketones is 1. The molecular weight excluding hydrogens is 254 g/mol. The van der Waals surface area contributed by atoms with E-state index in [-0.39, 0.29) is 11.7 Å². The fraction of sp³-hybridized carbons (Fsp3) is 0.733. The lowest BCUT2D eigenvalue weighted by Gasteiger charge is -2.44. The molecule has 1 N–H and O–H groups in total. The third-order valence-electron chi connectivity index (χ3n) is 4.90. The van der Waals surface area contributed by atoms with E-state index in [1.54, 1.807) is 12.5 Å². The summed E-state index contributed by atoms with van der Waals surface area (Å²) in [5.41, 5.74) is -0.378. The van der Waals surface area contributed by atoms with Gasteiger partial charge in [-0.1, -0.05) is 6.92 Å². The van der Waals surface area contributed by atoms with E-state index in [4.69, 9.17) is 0 Å². The number of hydroxylamine groups is 2. The highest BCUT2D eigenvalue weighted by Gasteiger charge is 2.52. The molecule has 2 bridgehead atoms. The van der Waals surface area contributed by atoms with E-state index in [9.17, 15) is 10.0 Å². The number of piperidine rings is 1. The normalized spacial score (nSPS) is 33.5. The lowest BCUT2D eigenvalue weighted by Crippen LogP contribution is -2.52. The molecule has 0 saturated carbocycles. The minimum absolute atomic E-state index is 0.186. The molecule has 3 heterocycles. The molecule has 0 spiro atoms. The van der Waals surface area contributed by atoms with Gasteiger partial charge >= 0.3 is 0 Å². The number of hydrogen-bond acceptors (Lipinski definition) is 4. The van der Waals surface area contributed by atoms with E-state index < -0.39 is 0 Å². The number of carbonyl (C=O) groups excluding carboxylic acids is 1. The van der Waals surface area contributed by atoms with Crippen molar-refractivity contribution in [2.24, 2.45) is 5.92 Å². The Balaban J connectivity index is 1.78. The largest absolute Gasteiger partial charge is 0.316 e. The predicted molar refractivity (Wildman–Crippen MR) is 74.1 cm³/mol. The average molecular weight is 277 g/mol. The van der Waals surface area contributed by atoms with Crippen LogP contribution in [0.25, 0.3) is 0 Å². The molecule has 110 valence electrons. The topological polar surface area (TPSA) is 58.4 Å². The smallest absolute Gasteiger partial charge is 0.133 e. The summed E-state index contributed by atoms with van der Waals surface area (Å²) in [6, 6.07) is 0.186. The van der Waals surface area contributed by atoms with Crippen molar-refractivity contribution < 1.29 is 10.0 Å². The highest BCUT2D eigenvalue weighted by molar-refractivity contribution is 5.78. The molecule has 5 nitrogen and oxygen atoms in total. The molecule has 1 aromatic rings. The fourth-order valence-electron chi connectivity index (χ4n) is 4.03. The zero-order valence-corrected chi connectivity index (χ0v) is 12.0. The van der Waals surface area contributed by atoms with Crippen LogP contribution in [0, 0.1) is 5.92 Å². The molecule has 3 atom stereocenters. The van der Waals surface area contributed by atoms with E-state index >= 15 is 0 Å². The lowest BCUT2D eigenvalue weighted by molar-refractivity contribution is -0.233. The van der Waals surface area contributed by atoms with Crippen LogP contribution in [-0.2, 0) is 10.5 Å². The van der Waals surface area contributed by atoms with Crippen molar-refractivity contribution in [3.05, 3.63) is 18.7 Å². The molecule has 2 aliphatic heterocycles. The lowest BCUT2D eigenvalue weighted by atomic mass is 9.84. The van der Waals surface area contributed by atoms with Crippen LogP contribution in [0.5, 0.6) is 0 Å². The predicted octanol–water partition coefficient (Wildman–Crippen LogP) is 2.56. The van der Waals surface area contributed by atoms with Crippen molar-refractivity contribution in [1.29, 1.82) is 0 Å². The first-order valence-corrected chi connectivity index (χ1v) is 7.64. The van der Waals surface area contributed by atoms with Gasteiger partial charge in [-0.25, -0.2) is 4.98 Å². The Morgan fingerprint density at radius 2 is 2.40 bits per heavy atom. The number of fused-ring (bicyclic) bond motifs is 2. The monoisotopic (exact) mass is 277 g/mol. The number of carbonyl (C=O) groups is 1. The van der Waals surface area contributed by atoms with Crippen molar-refractivity contribution in [1.82, 2.24) is 14.6 Å². The van der Waals surface area contributed by atoms with Crippen molar-refractivity contribution >= 4 is 5.78 Å². The zero-order chi connectivity index (χ0) is 14.2. The van der Waals surface area contributed by atoms with Crippen LogP contribution in [0.2, 0.25) is 0 Å². The quantitative estimate of drug-likeness (QED) is 0.898. The second-order valence-electron chi connectivity index (χ2n) is 6.29. The maximum absolute atomic E-state index is 11.9. The first-order valence-electron chi connectivity index (χ1n) is 7.64. The van der Waals surface area contributed by atoms with E-state index in [1.165, 1.54) is 5.06 Å². The Bertz CT molecular complexity index is 473.